The maximum absolute atomic E-state index is 13.7. The number of rotatable bonds is 9. The molecule has 0 aromatic heterocycles. The lowest BCUT2D eigenvalue weighted by Crippen LogP contribution is -2.59. The molecule has 0 bridgehead atoms. The molecular formula is C36H64N12O10S2. The second kappa shape index (κ2) is 26.4. The summed E-state index contributed by atoms with van der Waals surface area (Å²) < 4.78 is 0. The molecule has 0 aromatic carbocycles. The zero-order valence-electron chi connectivity index (χ0n) is 35.4. The Labute approximate surface area is 358 Å². The molecule has 8 amide bonds. The number of aliphatic imine (C=N–C) groups is 1. The molecule has 1 aliphatic heterocycles. The molecule has 340 valence electrons. The van der Waals surface area contributed by atoms with Crippen LogP contribution in [0, 0.1) is 17.8 Å². The molecule has 0 aromatic rings. The third kappa shape index (κ3) is 19.5. The van der Waals surface area contributed by atoms with E-state index >= 15 is 0 Å². The fourth-order valence-corrected chi connectivity index (χ4v) is 7.69. The zero-order chi connectivity index (χ0) is 45.9. The maximum Gasteiger partial charge on any atom is 0.327 e. The third-order valence-corrected chi connectivity index (χ3v) is 11.3. The second-order valence-electron chi connectivity index (χ2n) is 15.5. The van der Waals surface area contributed by atoms with Crippen LogP contribution in [-0.4, -0.2) is 137 Å². The van der Waals surface area contributed by atoms with E-state index in [0.717, 1.165) is 21.6 Å². The Morgan fingerprint density at radius 1 is 0.683 bits per heavy atom. The van der Waals surface area contributed by atoms with Gasteiger partial charge in [0.25, 0.3) is 0 Å². The van der Waals surface area contributed by atoms with Gasteiger partial charge in [-0.2, -0.15) is 0 Å². The maximum atomic E-state index is 13.7. The van der Waals surface area contributed by atoms with Gasteiger partial charge in [0.1, 0.15) is 42.3 Å². The SMILES string of the molecule is CC(C)C[C@@H]1NC(=O)[C@H](CCCN=C(N)N)NC(=O)CNC(=O)[C@H](C(C)C)NC(=O)[C@H](C)NC(=O)[C@@H](N)CSSC[C@@H](C(=O)O)NC(=O)[C@H](C(C)C)NC(=O)[C@H](C)NC1=O. The summed E-state index contributed by atoms with van der Waals surface area (Å²) >= 11 is 0. The van der Waals surface area contributed by atoms with E-state index in [4.69, 9.17) is 17.2 Å². The Hall–Kier alpha value is -4.84. The lowest BCUT2D eigenvalue weighted by atomic mass is 10.0. The van der Waals surface area contributed by atoms with Gasteiger partial charge in [-0.15, -0.1) is 0 Å². The predicted molar refractivity (Wildman–Crippen MR) is 227 cm³/mol. The summed E-state index contributed by atoms with van der Waals surface area (Å²) in [6.07, 6.45) is 0.350. The van der Waals surface area contributed by atoms with Crippen LogP contribution in [0.2, 0.25) is 0 Å². The molecule has 24 heteroatoms. The van der Waals surface area contributed by atoms with E-state index in [-0.39, 0.29) is 49.2 Å². The highest BCUT2D eigenvalue weighted by atomic mass is 33.1. The topological polar surface area (TPSA) is 361 Å². The lowest BCUT2D eigenvalue weighted by Gasteiger charge is -2.27. The molecule has 0 unspecified atom stereocenters. The van der Waals surface area contributed by atoms with Crippen molar-refractivity contribution in [1.82, 2.24) is 42.5 Å². The first-order chi connectivity index (χ1) is 27.9. The number of hydrogen-bond acceptors (Lipinski definition) is 13. The van der Waals surface area contributed by atoms with Gasteiger partial charge < -0.3 is 64.8 Å². The van der Waals surface area contributed by atoms with Gasteiger partial charge in [-0.3, -0.25) is 43.3 Å². The van der Waals surface area contributed by atoms with Crippen LogP contribution in [0.3, 0.4) is 0 Å². The van der Waals surface area contributed by atoms with Crippen LogP contribution < -0.4 is 59.7 Å². The number of hydrogen-bond donors (Lipinski definition) is 12. The summed E-state index contributed by atoms with van der Waals surface area (Å²) in [6, 6.07) is -9.67. The molecule has 1 heterocycles. The number of nitrogens with one attached hydrogen (secondary N) is 8. The van der Waals surface area contributed by atoms with Crippen molar-refractivity contribution in [2.45, 2.75) is 123 Å². The lowest BCUT2D eigenvalue weighted by molar-refractivity contribution is -0.142. The highest BCUT2D eigenvalue weighted by Gasteiger charge is 2.33. The van der Waals surface area contributed by atoms with E-state index < -0.39 is 120 Å². The quantitative estimate of drug-likeness (QED) is 0.0468. The molecular weight excluding hydrogens is 825 g/mol. The first-order valence-corrected chi connectivity index (χ1v) is 22.1. The van der Waals surface area contributed by atoms with Crippen molar-refractivity contribution in [3.05, 3.63) is 0 Å². The number of nitrogens with zero attached hydrogens (tertiary/aromatic N) is 1. The van der Waals surface area contributed by atoms with Crippen molar-refractivity contribution in [1.29, 1.82) is 0 Å². The molecule has 0 spiro atoms. The Morgan fingerprint density at radius 3 is 1.72 bits per heavy atom. The highest BCUT2D eigenvalue weighted by Crippen LogP contribution is 2.23. The summed E-state index contributed by atoms with van der Waals surface area (Å²) in [6.45, 7) is 12.4. The minimum absolute atomic E-state index is 0.00519. The van der Waals surface area contributed by atoms with Gasteiger partial charge in [-0.1, -0.05) is 63.1 Å². The molecule has 1 saturated heterocycles. The molecule has 0 saturated carbocycles. The van der Waals surface area contributed by atoms with Crippen LogP contribution in [0.5, 0.6) is 0 Å². The summed E-state index contributed by atoms with van der Waals surface area (Å²) in [5.41, 5.74) is 16.9. The van der Waals surface area contributed by atoms with Gasteiger partial charge in [0.05, 0.1) is 12.6 Å². The smallest absolute Gasteiger partial charge is 0.327 e. The van der Waals surface area contributed by atoms with E-state index in [9.17, 15) is 48.3 Å². The minimum atomic E-state index is -1.40. The van der Waals surface area contributed by atoms with Gasteiger partial charge in [0.15, 0.2) is 5.96 Å². The van der Waals surface area contributed by atoms with Gasteiger partial charge in [-0.25, -0.2) is 4.79 Å². The van der Waals surface area contributed by atoms with E-state index in [1.54, 1.807) is 41.5 Å². The molecule has 0 aliphatic carbocycles. The number of carbonyl (C=O) groups is 9. The van der Waals surface area contributed by atoms with Gasteiger partial charge in [-0.05, 0) is 50.9 Å². The number of carbonyl (C=O) groups excluding carboxylic acids is 8. The van der Waals surface area contributed by atoms with Crippen LogP contribution in [0.4, 0.5) is 0 Å². The monoisotopic (exact) mass is 888 g/mol. The molecule has 1 aliphatic rings. The van der Waals surface area contributed by atoms with E-state index in [1.165, 1.54) is 13.8 Å². The van der Waals surface area contributed by atoms with Crippen molar-refractivity contribution >= 4 is 80.8 Å². The summed E-state index contributed by atoms with van der Waals surface area (Å²) in [4.78, 5) is 122. The van der Waals surface area contributed by atoms with E-state index in [1.807, 2.05) is 0 Å². The second-order valence-corrected chi connectivity index (χ2v) is 18.0. The fraction of sp³-hybridized carbons (Fsp3) is 0.722. The molecule has 60 heavy (non-hydrogen) atoms. The van der Waals surface area contributed by atoms with Crippen molar-refractivity contribution in [2.24, 2.45) is 39.9 Å². The molecule has 1 fully saturated rings. The first kappa shape index (κ1) is 53.2. The number of amides is 8. The van der Waals surface area contributed by atoms with Crippen molar-refractivity contribution in [3.63, 3.8) is 0 Å². The van der Waals surface area contributed by atoms with Crippen LogP contribution in [0.15, 0.2) is 4.99 Å². The summed E-state index contributed by atoms with van der Waals surface area (Å²) in [5.74, 6) is -8.79. The number of aliphatic carboxylic acids is 1. The number of carboxylic acid groups (broad SMARTS) is 1. The van der Waals surface area contributed by atoms with Crippen LogP contribution in [0.25, 0.3) is 0 Å². The molecule has 8 atom stereocenters. The number of carboxylic acids is 1. The van der Waals surface area contributed by atoms with Crippen molar-refractivity contribution in [2.75, 3.05) is 24.6 Å². The molecule has 0 radical (unpaired) electrons. The number of guanidine groups is 1. The average Bonchev–Trinajstić information content (AvgIpc) is 3.15. The Balaban J connectivity index is 3.51. The van der Waals surface area contributed by atoms with Crippen molar-refractivity contribution < 1.29 is 48.3 Å². The normalized spacial score (nSPS) is 27.1. The van der Waals surface area contributed by atoms with Gasteiger partial charge in [0, 0.05) is 18.1 Å². The Morgan fingerprint density at radius 2 is 1.20 bits per heavy atom. The Kier molecular flexibility index (Phi) is 23.4. The number of nitrogens with two attached hydrogens (primary N) is 3. The third-order valence-electron chi connectivity index (χ3n) is 8.88. The average molecular weight is 889 g/mol. The van der Waals surface area contributed by atoms with Crippen LogP contribution >= 0.6 is 21.6 Å². The van der Waals surface area contributed by atoms with Gasteiger partial charge >= 0.3 is 5.97 Å². The highest BCUT2D eigenvalue weighted by molar-refractivity contribution is 8.76. The Bertz CT molecular complexity index is 1560. The van der Waals surface area contributed by atoms with Crippen LogP contribution in [-0.2, 0) is 43.2 Å². The first-order valence-electron chi connectivity index (χ1n) is 19.6. The molecule has 1 rings (SSSR count). The van der Waals surface area contributed by atoms with Gasteiger partial charge in [0.2, 0.25) is 47.3 Å². The van der Waals surface area contributed by atoms with Crippen LogP contribution in [0.1, 0.15) is 74.7 Å². The summed E-state index contributed by atoms with van der Waals surface area (Å²) in [7, 11) is 2.08. The summed E-state index contributed by atoms with van der Waals surface area (Å²) in [5, 5.41) is 30.1. The largest absolute Gasteiger partial charge is 0.480 e. The molecule has 15 N–H and O–H groups in total. The standard InChI is InChI=1S/C36H64N12O10S2/c1-16(2)12-23-32(54)43-20(8)29(51)48-27(18(5)6)34(56)46-24(35(57)58)15-60-59-14-21(37)30(52)42-19(7)28(50)47-26(17(3)4)33(55)41-13-25(49)44-22(31(53)45-23)10-9-11-40-36(38)39/h16-24,26-27H,9-15,37H2,1-8H3,(H,41,55)(H,42,52)(H,43,54)(H,44,49)(H,45,53)(H,46,56)(H,47,50)(H,48,51)(H,57,58)(H4,38,39,40)/t19-,20-,21-,22-,23-,24-,26-,27-/m0/s1. The zero-order valence-corrected chi connectivity index (χ0v) is 37.1. The van der Waals surface area contributed by atoms with E-state index in [2.05, 4.69) is 47.5 Å². The van der Waals surface area contributed by atoms with E-state index in [0.29, 0.717) is 0 Å². The fourth-order valence-electron chi connectivity index (χ4n) is 5.41. The molecule has 22 nitrogen and oxygen atoms in total. The minimum Gasteiger partial charge on any atom is -0.480 e. The predicted octanol–water partition coefficient (Wildman–Crippen LogP) is -3.25. The van der Waals surface area contributed by atoms with Crippen molar-refractivity contribution in [3.8, 4) is 0 Å².